The predicted octanol–water partition coefficient (Wildman–Crippen LogP) is 3.60. The fraction of sp³-hybridized carbons (Fsp3) is 0.118. The molecule has 0 aliphatic rings. The average Bonchev–Trinajstić information content (AvgIpc) is 2.53. The molecule has 2 aromatic carbocycles. The molecule has 0 fully saturated rings. The molecular formula is C17H17FN2O. The quantitative estimate of drug-likeness (QED) is 0.689. The lowest BCUT2D eigenvalue weighted by molar-refractivity contribution is 0.415. The predicted molar refractivity (Wildman–Crippen MR) is 83.8 cm³/mol. The number of nitrogens with two attached hydrogens (primary N) is 1. The second-order valence-corrected chi connectivity index (χ2v) is 4.41. The first kappa shape index (κ1) is 14.8. The monoisotopic (exact) mass is 284 g/mol. The van der Waals surface area contributed by atoms with Gasteiger partial charge in [-0.2, -0.15) is 0 Å². The molecule has 0 aliphatic carbocycles. The van der Waals surface area contributed by atoms with Gasteiger partial charge in [-0.15, -0.1) is 0 Å². The second-order valence-electron chi connectivity index (χ2n) is 4.41. The Morgan fingerprint density at radius 1 is 1.05 bits per heavy atom. The van der Waals surface area contributed by atoms with Crippen LogP contribution in [0, 0.1) is 5.82 Å². The number of hydrogen-bond donors (Lipinski definition) is 1. The van der Waals surface area contributed by atoms with Crippen molar-refractivity contribution in [1.82, 2.24) is 0 Å². The molecule has 0 atom stereocenters. The molecule has 21 heavy (non-hydrogen) atoms. The van der Waals surface area contributed by atoms with Gasteiger partial charge in [-0.3, -0.25) is 0 Å². The van der Waals surface area contributed by atoms with Crippen molar-refractivity contribution in [2.45, 2.75) is 6.92 Å². The molecule has 108 valence electrons. The van der Waals surface area contributed by atoms with Crippen LogP contribution in [0.3, 0.4) is 0 Å². The smallest absolute Gasteiger partial charge is 0.131 e. The molecule has 0 aromatic heterocycles. The molecular weight excluding hydrogens is 267 g/mol. The molecule has 0 radical (unpaired) electrons. The van der Waals surface area contributed by atoms with Gasteiger partial charge in [0.1, 0.15) is 17.4 Å². The minimum atomic E-state index is -0.298. The number of aliphatic imine (C=N–C) groups is 1. The van der Waals surface area contributed by atoms with Crippen molar-refractivity contribution < 1.29 is 9.13 Å². The lowest BCUT2D eigenvalue weighted by Gasteiger charge is -2.06. The minimum absolute atomic E-state index is 0.298. The van der Waals surface area contributed by atoms with Crippen LogP contribution in [0.4, 0.5) is 4.39 Å². The van der Waals surface area contributed by atoms with E-state index in [-0.39, 0.29) is 5.82 Å². The highest BCUT2D eigenvalue weighted by atomic mass is 19.1. The van der Waals surface area contributed by atoms with E-state index < -0.39 is 0 Å². The van der Waals surface area contributed by atoms with Gasteiger partial charge in [-0.1, -0.05) is 6.08 Å². The number of ether oxygens (including phenoxy) is 1. The molecule has 0 bridgehead atoms. The number of benzene rings is 2. The summed E-state index contributed by atoms with van der Waals surface area (Å²) in [7, 11) is 1.62. The van der Waals surface area contributed by atoms with Gasteiger partial charge in [0.15, 0.2) is 0 Å². The van der Waals surface area contributed by atoms with Crippen LogP contribution >= 0.6 is 0 Å². The Labute approximate surface area is 123 Å². The Morgan fingerprint density at radius 3 is 2.14 bits per heavy atom. The van der Waals surface area contributed by atoms with E-state index in [0.29, 0.717) is 11.4 Å². The summed E-state index contributed by atoms with van der Waals surface area (Å²) in [6.07, 6.45) is 1.87. The maximum atomic E-state index is 12.9. The molecule has 0 aliphatic heterocycles. The molecule has 2 aromatic rings. The number of halogens is 1. The van der Waals surface area contributed by atoms with Gasteiger partial charge in [0.05, 0.1) is 12.8 Å². The first-order valence-electron chi connectivity index (χ1n) is 6.55. The maximum Gasteiger partial charge on any atom is 0.131 e. The van der Waals surface area contributed by atoms with E-state index in [0.717, 1.165) is 17.0 Å². The third-order valence-electron chi connectivity index (χ3n) is 3.04. The molecule has 2 rings (SSSR count). The summed E-state index contributed by atoms with van der Waals surface area (Å²) in [4.78, 5) is 4.41. The molecule has 0 unspecified atom stereocenters. The topological polar surface area (TPSA) is 47.6 Å². The number of methoxy groups -OCH3 is 1. The van der Waals surface area contributed by atoms with Crippen LogP contribution in [-0.4, -0.2) is 12.9 Å². The molecule has 0 saturated carbocycles. The van der Waals surface area contributed by atoms with Crippen LogP contribution in [0.5, 0.6) is 5.75 Å². The van der Waals surface area contributed by atoms with Crippen LogP contribution in [0.15, 0.2) is 59.6 Å². The van der Waals surface area contributed by atoms with Gasteiger partial charge in [0.25, 0.3) is 0 Å². The van der Waals surface area contributed by atoms with Crippen LogP contribution in [-0.2, 0) is 0 Å². The van der Waals surface area contributed by atoms with E-state index in [9.17, 15) is 4.39 Å². The molecule has 3 nitrogen and oxygen atoms in total. The molecule has 2 N–H and O–H groups in total. The highest BCUT2D eigenvalue weighted by Gasteiger charge is 2.03. The zero-order valence-electron chi connectivity index (χ0n) is 12.0. The molecule has 0 saturated heterocycles. The Kier molecular flexibility index (Phi) is 4.72. The van der Waals surface area contributed by atoms with Gasteiger partial charge in [0.2, 0.25) is 0 Å². The number of nitrogens with zero attached hydrogens (tertiary/aromatic N) is 1. The Bertz CT molecular complexity index is 658. The summed E-state index contributed by atoms with van der Waals surface area (Å²) in [6, 6.07) is 13.5. The third-order valence-corrected chi connectivity index (χ3v) is 3.04. The minimum Gasteiger partial charge on any atom is -0.497 e. The van der Waals surface area contributed by atoms with E-state index in [1.54, 1.807) is 19.2 Å². The van der Waals surface area contributed by atoms with Crippen molar-refractivity contribution in [3.05, 3.63) is 71.6 Å². The van der Waals surface area contributed by atoms with E-state index in [2.05, 4.69) is 4.99 Å². The summed E-state index contributed by atoms with van der Waals surface area (Å²) < 4.78 is 18.0. The van der Waals surface area contributed by atoms with E-state index in [1.807, 2.05) is 37.3 Å². The van der Waals surface area contributed by atoms with E-state index >= 15 is 0 Å². The van der Waals surface area contributed by atoms with Gasteiger partial charge >= 0.3 is 0 Å². The van der Waals surface area contributed by atoms with Crippen molar-refractivity contribution in [2.75, 3.05) is 7.11 Å². The summed E-state index contributed by atoms with van der Waals surface area (Å²) in [6.45, 7) is 1.89. The van der Waals surface area contributed by atoms with Crippen molar-refractivity contribution in [2.24, 2.45) is 10.7 Å². The maximum absolute atomic E-state index is 12.9. The molecule has 0 amide bonds. The van der Waals surface area contributed by atoms with Crippen LogP contribution < -0.4 is 10.5 Å². The van der Waals surface area contributed by atoms with Crippen molar-refractivity contribution >= 4 is 11.5 Å². The number of amidine groups is 1. The lowest BCUT2D eigenvalue weighted by atomic mass is 10.1. The molecule has 0 heterocycles. The first-order valence-corrected chi connectivity index (χ1v) is 6.55. The first-order chi connectivity index (χ1) is 10.1. The van der Waals surface area contributed by atoms with Crippen LogP contribution in [0.1, 0.15) is 18.1 Å². The average molecular weight is 284 g/mol. The van der Waals surface area contributed by atoms with Crippen LogP contribution in [0.25, 0.3) is 5.70 Å². The van der Waals surface area contributed by atoms with E-state index in [4.69, 9.17) is 10.5 Å². The lowest BCUT2D eigenvalue weighted by Crippen LogP contribution is -2.13. The fourth-order valence-electron chi connectivity index (χ4n) is 1.87. The molecule has 4 heteroatoms. The zero-order valence-corrected chi connectivity index (χ0v) is 12.0. The highest BCUT2D eigenvalue weighted by molar-refractivity contribution is 6.00. The van der Waals surface area contributed by atoms with Crippen molar-refractivity contribution in [3.8, 4) is 5.75 Å². The van der Waals surface area contributed by atoms with Gasteiger partial charge in [-0.25, -0.2) is 9.38 Å². The molecule has 0 spiro atoms. The number of hydrogen-bond acceptors (Lipinski definition) is 2. The Hall–Kier alpha value is -2.62. The van der Waals surface area contributed by atoms with Gasteiger partial charge in [-0.05, 0) is 55.5 Å². The summed E-state index contributed by atoms with van der Waals surface area (Å²) in [5.74, 6) is 0.830. The van der Waals surface area contributed by atoms with Crippen molar-refractivity contribution in [1.29, 1.82) is 0 Å². The standard InChI is InChI=1S/C17H17FN2O/c1-3-16(12-6-10-15(21-2)11-7-12)20-17(19)13-4-8-14(18)9-5-13/h3-11H,1-2H3,(H2,19,20). The van der Waals surface area contributed by atoms with Gasteiger partial charge < -0.3 is 10.5 Å². The number of allylic oxidation sites excluding steroid dienone is 1. The van der Waals surface area contributed by atoms with Crippen LogP contribution in [0.2, 0.25) is 0 Å². The summed E-state index contributed by atoms with van der Waals surface area (Å²) in [5.41, 5.74) is 8.34. The summed E-state index contributed by atoms with van der Waals surface area (Å²) >= 11 is 0. The number of rotatable bonds is 4. The van der Waals surface area contributed by atoms with E-state index in [1.165, 1.54) is 12.1 Å². The normalized spacial score (nSPS) is 12.3. The third kappa shape index (κ3) is 3.69. The van der Waals surface area contributed by atoms with Gasteiger partial charge in [0, 0.05) is 11.1 Å². The Morgan fingerprint density at radius 2 is 1.62 bits per heavy atom. The largest absolute Gasteiger partial charge is 0.497 e. The Balaban J connectivity index is 2.28. The summed E-state index contributed by atoms with van der Waals surface area (Å²) in [5, 5.41) is 0. The highest BCUT2D eigenvalue weighted by Crippen LogP contribution is 2.20. The zero-order chi connectivity index (χ0) is 15.2. The SMILES string of the molecule is CC=C(N=C(N)c1ccc(F)cc1)c1ccc(OC)cc1. The second kappa shape index (κ2) is 6.70. The van der Waals surface area contributed by atoms with Crippen molar-refractivity contribution in [3.63, 3.8) is 0 Å². The fourth-order valence-corrected chi connectivity index (χ4v) is 1.87.